The van der Waals surface area contributed by atoms with Crippen molar-refractivity contribution in [3.63, 3.8) is 0 Å². The van der Waals surface area contributed by atoms with Crippen LogP contribution in [0.1, 0.15) is 51.2 Å². The molecule has 0 fully saturated rings. The van der Waals surface area contributed by atoms with Crippen LogP contribution in [0.15, 0.2) is 18.7 Å². The van der Waals surface area contributed by atoms with E-state index < -0.39 is 39.2 Å². The predicted molar refractivity (Wildman–Crippen MR) is 107 cm³/mol. The molecule has 0 spiro atoms. The number of alkyl carbamates (subject to hydrolysis) is 1. The molecular weight excluding hydrogens is 439 g/mol. The first-order chi connectivity index (χ1) is 14.2. The van der Waals surface area contributed by atoms with Crippen molar-refractivity contribution in [3.8, 4) is 5.88 Å². The van der Waals surface area contributed by atoms with Crippen molar-refractivity contribution < 1.29 is 35.3 Å². The molecule has 1 aromatic rings. The summed E-state index contributed by atoms with van der Waals surface area (Å²) < 4.78 is 71.5. The Bertz CT molecular complexity index is 998. The van der Waals surface area contributed by atoms with Gasteiger partial charge in [0.1, 0.15) is 5.60 Å². The Morgan fingerprint density at radius 2 is 1.90 bits per heavy atom. The van der Waals surface area contributed by atoms with Crippen LogP contribution in [-0.4, -0.2) is 41.6 Å². The first kappa shape index (κ1) is 24.6. The molecule has 0 radical (unpaired) electrons. The summed E-state index contributed by atoms with van der Waals surface area (Å²) in [7, 11) is -5.95. The molecule has 12 heteroatoms. The molecule has 0 bridgehead atoms. The van der Waals surface area contributed by atoms with Gasteiger partial charge in [-0.1, -0.05) is 18.7 Å². The number of nitrogens with zero attached hydrogens (tertiary/aromatic N) is 2. The highest BCUT2D eigenvalue weighted by Crippen LogP contribution is 2.33. The highest BCUT2D eigenvalue weighted by molar-refractivity contribution is 7.87. The maximum Gasteiger partial charge on any atom is 0.534 e. The Balaban J connectivity index is 2.44. The summed E-state index contributed by atoms with van der Waals surface area (Å²) in [5.74, 6) is -0.739. The maximum atomic E-state index is 12.9. The second-order valence-corrected chi connectivity index (χ2v) is 9.33. The van der Waals surface area contributed by atoms with Gasteiger partial charge in [0.05, 0.1) is 5.69 Å². The highest BCUT2D eigenvalue weighted by Gasteiger charge is 2.49. The Kier molecular flexibility index (Phi) is 7.03. The number of nitrogens with one attached hydrogen (secondary N) is 1. The number of allylic oxidation sites excluding steroid dienone is 3. The van der Waals surface area contributed by atoms with E-state index in [0.717, 1.165) is 0 Å². The minimum Gasteiger partial charge on any atom is -0.444 e. The van der Waals surface area contributed by atoms with Crippen molar-refractivity contribution in [2.24, 2.45) is 0 Å². The Morgan fingerprint density at radius 3 is 2.42 bits per heavy atom. The van der Waals surface area contributed by atoms with Gasteiger partial charge in [-0.2, -0.15) is 26.6 Å². The minimum absolute atomic E-state index is 0.0119. The molecule has 1 N–H and O–H groups in total. The van der Waals surface area contributed by atoms with Crippen LogP contribution >= 0.6 is 0 Å². The lowest BCUT2D eigenvalue weighted by Crippen LogP contribution is -2.42. The maximum absolute atomic E-state index is 12.9. The van der Waals surface area contributed by atoms with Gasteiger partial charge in [-0.3, -0.25) is 0 Å². The van der Waals surface area contributed by atoms with E-state index in [1.54, 1.807) is 33.8 Å². The summed E-state index contributed by atoms with van der Waals surface area (Å²) in [4.78, 5) is 20.3. The summed E-state index contributed by atoms with van der Waals surface area (Å²) in [5.41, 5.74) is -5.57. The molecule has 1 amide bonds. The van der Waals surface area contributed by atoms with Crippen molar-refractivity contribution in [3.05, 3.63) is 35.8 Å². The lowest BCUT2D eigenvalue weighted by atomic mass is 9.92. The third-order valence-electron chi connectivity index (χ3n) is 4.22. The molecule has 1 atom stereocenters. The molecule has 0 aromatic carbocycles. The summed E-state index contributed by atoms with van der Waals surface area (Å²) >= 11 is 0. The molecule has 1 aliphatic rings. The monoisotopic (exact) mass is 463 g/mol. The predicted octanol–water partition coefficient (Wildman–Crippen LogP) is 3.68. The van der Waals surface area contributed by atoms with Gasteiger partial charge in [0.2, 0.25) is 5.88 Å². The van der Waals surface area contributed by atoms with E-state index in [2.05, 4.69) is 26.0 Å². The molecule has 2 rings (SSSR count). The van der Waals surface area contributed by atoms with Gasteiger partial charge < -0.3 is 14.2 Å². The topological polar surface area (TPSA) is 107 Å². The van der Waals surface area contributed by atoms with Gasteiger partial charge in [0, 0.05) is 17.2 Å². The van der Waals surface area contributed by atoms with Crippen LogP contribution < -0.4 is 9.50 Å². The molecule has 1 aromatic heterocycles. The third kappa shape index (κ3) is 6.18. The summed E-state index contributed by atoms with van der Waals surface area (Å²) in [6.07, 6.45) is 2.89. The van der Waals surface area contributed by atoms with Crippen LogP contribution in [0.2, 0.25) is 0 Å². The number of fused-ring (bicyclic) bond motifs is 1. The normalized spacial score (nSPS) is 17.5. The average Bonchev–Trinajstić information content (AvgIpc) is 2.60. The first-order valence-electron chi connectivity index (χ1n) is 9.36. The van der Waals surface area contributed by atoms with Gasteiger partial charge in [0.15, 0.2) is 5.82 Å². The number of aryl methyl sites for hydroxylation is 1. The van der Waals surface area contributed by atoms with Crippen molar-refractivity contribution in [2.75, 3.05) is 0 Å². The smallest absolute Gasteiger partial charge is 0.444 e. The van der Waals surface area contributed by atoms with Crippen molar-refractivity contribution in [1.29, 1.82) is 0 Å². The quantitative estimate of drug-likeness (QED) is 0.403. The second kappa shape index (κ2) is 8.85. The molecule has 1 heterocycles. The molecule has 1 aliphatic carbocycles. The van der Waals surface area contributed by atoms with Crippen LogP contribution in [0.5, 0.6) is 5.88 Å². The second-order valence-electron chi connectivity index (χ2n) is 7.79. The molecule has 31 heavy (non-hydrogen) atoms. The van der Waals surface area contributed by atoms with Gasteiger partial charge in [0.25, 0.3) is 0 Å². The van der Waals surface area contributed by atoms with E-state index in [4.69, 9.17) is 4.74 Å². The number of hydrogen-bond acceptors (Lipinski definition) is 7. The minimum atomic E-state index is -5.95. The summed E-state index contributed by atoms with van der Waals surface area (Å²) in [6, 6.07) is -0.534. The number of amides is 1. The van der Waals surface area contributed by atoms with Gasteiger partial charge in [-0.05, 0) is 47.0 Å². The highest BCUT2D eigenvalue weighted by atomic mass is 32.2. The Labute approximate surface area is 178 Å². The van der Waals surface area contributed by atoms with Crippen LogP contribution in [0.25, 0.3) is 5.57 Å². The average molecular weight is 463 g/mol. The zero-order valence-corrected chi connectivity index (χ0v) is 18.4. The molecule has 0 saturated carbocycles. The van der Waals surface area contributed by atoms with E-state index >= 15 is 0 Å². The van der Waals surface area contributed by atoms with Crippen LogP contribution in [-0.2, 0) is 27.7 Å². The summed E-state index contributed by atoms with van der Waals surface area (Å²) in [6.45, 7) is 10.3. The van der Waals surface area contributed by atoms with E-state index in [1.165, 1.54) is 6.08 Å². The number of hydrogen-bond donors (Lipinski definition) is 1. The molecule has 172 valence electrons. The molecule has 1 unspecified atom stereocenters. The Morgan fingerprint density at radius 1 is 1.26 bits per heavy atom. The molecule has 8 nitrogen and oxygen atoms in total. The fourth-order valence-corrected chi connectivity index (χ4v) is 3.30. The van der Waals surface area contributed by atoms with Gasteiger partial charge in [-0.25, -0.2) is 9.78 Å². The van der Waals surface area contributed by atoms with E-state index in [0.29, 0.717) is 17.7 Å². The van der Waals surface area contributed by atoms with Crippen molar-refractivity contribution in [1.82, 2.24) is 15.3 Å². The van der Waals surface area contributed by atoms with Crippen LogP contribution in [0, 0.1) is 0 Å². The molecule has 0 aliphatic heterocycles. The first-order valence-corrected chi connectivity index (χ1v) is 10.8. The number of ether oxygens (including phenoxy) is 1. The fourth-order valence-electron chi connectivity index (χ4n) is 2.86. The number of halogens is 3. The fraction of sp³-hybridized carbons (Fsp3) is 0.526. The van der Waals surface area contributed by atoms with E-state index in [1.807, 2.05) is 0 Å². The van der Waals surface area contributed by atoms with Crippen LogP contribution in [0.4, 0.5) is 18.0 Å². The SMILES string of the molecule is C=C/C(=C\C)c1nc2c(c(OS(=O)(=O)C(F)(F)F)n1)CC(NC(=O)OC(C)(C)C)CC2. The zero-order valence-electron chi connectivity index (χ0n) is 17.5. The standard InChI is InChI=1S/C19H24F3N3O5S/c1-6-11(7-2)15-24-14-9-8-12(23-17(26)29-18(3,4)5)10-13(14)16(25-15)30-31(27,28)19(20,21)22/h6-7,12H,1,8-10H2,2-5H3,(H,23,26)/b11-7+. The number of alkyl halides is 3. The number of carbonyl (C=O) groups is 1. The lowest BCUT2D eigenvalue weighted by Gasteiger charge is -2.28. The van der Waals surface area contributed by atoms with Crippen molar-refractivity contribution in [2.45, 2.75) is 64.1 Å². The van der Waals surface area contributed by atoms with Gasteiger partial charge >= 0.3 is 21.7 Å². The zero-order chi connectivity index (χ0) is 23.6. The molecule has 0 saturated heterocycles. The van der Waals surface area contributed by atoms with Gasteiger partial charge in [-0.15, -0.1) is 0 Å². The van der Waals surface area contributed by atoms with Crippen molar-refractivity contribution >= 4 is 21.8 Å². The number of aromatic nitrogens is 2. The summed E-state index contributed by atoms with van der Waals surface area (Å²) in [5, 5.41) is 2.62. The third-order valence-corrected chi connectivity index (χ3v) is 5.16. The largest absolute Gasteiger partial charge is 0.534 e. The molecular formula is C19H24F3N3O5S. The number of rotatable bonds is 5. The van der Waals surface area contributed by atoms with E-state index in [-0.39, 0.29) is 24.2 Å². The Hall–Kier alpha value is -2.63. The lowest BCUT2D eigenvalue weighted by molar-refractivity contribution is -0.0501. The number of carbonyl (C=O) groups excluding carboxylic acids is 1. The van der Waals surface area contributed by atoms with Crippen LogP contribution in [0.3, 0.4) is 0 Å². The van der Waals surface area contributed by atoms with E-state index in [9.17, 15) is 26.4 Å².